The third kappa shape index (κ3) is 2.52. The summed E-state index contributed by atoms with van der Waals surface area (Å²) in [7, 11) is 1.80. The number of nitrogens with one attached hydrogen (secondary N) is 1. The molecule has 0 radical (unpaired) electrons. The van der Waals surface area contributed by atoms with Gasteiger partial charge >= 0.3 is 0 Å². The summed E-state index contributed by atoms with van der Waals surface area (Å²) in [5.74, 6) is 0.0629. The minimum atomic E-state index is -0.231. The summed E-state index contributed by atoms with van der Waals surface area (Å²) < 4.78 is 3.30. The second-order valence-corrected chi connectivity index (χ2v) is 5.15. The minimum absolute atomic E-state index is 0.0629. The van der Waals surface area contributed by atoms with Crippen molar-refractivity contribution in [2.75, 3.05) is 0 Å². The van der Waals surface area contributed by atoms with Crippen molar-refractivity contribution in [2.45, 2.75) is 6.92 Å². The quantitative estimate of drug-likeness (QED) is 0.877. The van der Waals surface area contributed by atoms with Gasteiger partial charge in [-0.2, -0.15) is 0 Å². The van der Waals surface area contributed by atoms with E-state index in [2.05, 4.69) is 9.98 Å². The number of para-hydroxylation sites is 1. The van der Waals surface area contributed by atoms with Crippen LogP contribution in [0.4, 0.5) is 5.69 Å². The summed E-state index contributed by atoms with van der Waals surface area (Å²) in [5, 5.41) is 7.44. The molecule has 0 fully saturated rings. The molecule has 1 aromatic carbocycles. The Labute approximate surface area is 132 Å². The highest BCUT2D eigenvalue weighted by Gasteiger charge is 2.17. The maximum Gasteiger partial charge on any atom is 0.297 e. The van der Waals surface area contributed by atoms with Crippen molar-refractivity contribution in [1.82, 2.24) is 9.36 Å². The van der Waals surface area contributed by atoms with E-state index in [1.54, 1.807) is 16.4 Å². The Bertz CT molecular complexity index is 927. The van der Waals surface area contributed by atoms with Gasteiger partial charge in [-0.25, -0.2) is 14.7 Å². The van der Waals surface area contributed by atoms with Crippen molar-refractivity contribution in [3.8, 4) is 5.69 Å². The first-order chi connectivity index (χ1) is 11.0. The van der Waals surface area contributed by atoms with Crippen LogP contribution in [-0.2, 0) is 7.05 Å². The SMILES string of the molecule is Cc1c(N=C2C=NC(=N)C=C2N)c(=O)n(-c2ccccc2)n1C. The fourth-order valence-electron chi connectivity index (χ4n) is 2.36. The van der Waals surface area contributed by atoms with Crippen molar-refractivity contribution >= 4 is 23.4 Å². The highest BCUT2D eigenvalue weighted by molar-refractivity contribution is 6.42. The first kappa shape index (κ1) is 14.7. The summed E-state index contributed by atoms with van der Waals surface area (Å²) in [5.41, 5.74) is 8.11. The smallest absolute Gasteiger partial charge is 0.297 e. The molecule has 3 N–H and O–H groups in total. The fraction of sp³-hybridized carbons (Fsp3) is 0.125. The van der Waals surface area contributed by atoms with Crippen molar-refractivity contribution in [2.24, 2.45) is 22.8 Å². The predicted molar refractivity (Wildman–Crippen MR) is 91.3 cm³/mol. The average molecular weight is 308 g/mol. The van der Waals surface area contributed by atoms with E-state index in [0.717, 1.165) is 5.69 Å². The molecular weight excluding hydrogens is 292 g/mol. The molecule has 7 heteroatoms. The van der Waals surface area contributed by atoms with E-state index in [1.807, 2.05) is 37.3 Å². The third-order valence-electron chi connectivity index (χ3n) is 3.67. The largest absolute Gasteiger partial charge is 0.397 e. The van der Waals surface area contributed by atoms with Gasteiger partial charge in [0.25, 0.3) is 5.56 Å². The van der Waals surface area contributed by atoms with Crippen LogP contribution in [0.2, 0.25) is 0 Å². The third-order valence-corrected chi connectivity index (χ3v) is 3.67. The van der Waals surface area contributed by atoms with E-state index in [4.69, 9.17) is 11.1 Å². The molecule has 2 aromatic rings. The summed E-state index contributed by atoms with van der Waals surface area (Å²) in [6, 6.07) is 9.35. The number of benzene rings is 1. The number of nitrogens with two attached hydrogens (primary N) is 1. The van der Waals surface area contributed by atoms with E-state index < -0.39 is 0 Å². The molecule has 0 saturated heterocycles. The monoisotopic (exact) mass is 308 g/mol. The van der Waals surface area contributed by atoms with Gasteiger partial charge in [0, 0.05) is 13.1 Å². The van der Waals surface area contributed by atoms with Crippen molar-refractivity contribution in [3.63, 3.8) is 0 Å². The topological polar surface area (TPSA) is 102 Å². The Kier molecular flexibility index (Phi) is 3.53. The first-order valence-corrected chi connectivity index (χ1v) is 7.02. The second-order valence-electron chi connectivity index (χ2n) is 5.15. The van der Waals surface area contributed by atoms with E-state index in [9.17, 15) is 4.79 Å². The lowest BCUT2D eigenvalue weighted by molar-refractivity contribution is 0.630. The Hall–Kier alpha value is -3.22. The predicted octanol–water partition coefficient (Wildman–Crippen LogP) is 1.46. The molecule has 0 saturated carbocycles. The van der Waals surface area contributed by atoms with Gasteiger partial charge in [0.2, 0.25) is 0 Å². The minimum Gasteiger partial charge on any atom is -0.397 e. The molecule has 0 aliphatic carbocycles. The van der Waals surface area contributed by atoms with Gasteiger partial charge in [-0.3, -0.25) is 14.9 Å². The zero-order valence-electron chi connectivity index (χ0n) is 12.8. The van der Waals surface area contributed by atoms with Crippen LogP contribution in [0.3, 0.4) is 0 Å². The molecule has 3 rings (SSSR count). The maximum absolute atomic E-state index is 12.7. The maximum atomic E-state index is 12.7. The van der Waals surface area contributed by atoms with E-state index in [1.165, 1.54) is 12.3 Å². The van der Waals surface area contributed by atoms with Crippen LogP contribution >= 0.6 is 0 Å². The summed E-state index contributed by atoms with van der Waals surface area (Å²) in [4.78, 5) is 21.0. The number of allylic oxidation sites excluding steroid dienone is 1. The molecule has 116 valence electrons. The van der Waals surface area contributed by atoms with E-state index in [-0.39, 0.29) is 11.4 Å². The van der Waals surface area contributed by atoms with Crippen LogP contribution in [0.5, 0.6) is 0 Å². The molecule has 1 aromatic heterocycles. The van der Waals surface area contributed by atoms with Crippen molar-refractivity contribution in [1.29, 1.82) is 5.41 Å². The Balaban J connectivity index is 2.17. The molecule has 0 atom stereocenters. The first-order valence-electron chi connectivity index (χ1n) is 7.02. The number of aromatic nitrogens is 2. The number of aliphatic imine (C=N–C) groups is 2. The lowest BCUT2D eigenvalue weighted by Gasteiger charge is -2.07. The van der Waals surface area contributed by atoms with Gasteiger partial charge in [0.05, 0.1) is 23.3 Å². The second kappa shape index (κ2) is 5.53. The van der Waals surface area contributed by atoms with Gasteiger partial charge < -0.3 is 5.73 Å². The van der Waals surface area contributed by atoms with E-state index in [0.29, 0.717) is 22.8 Å². The standard InChI is InChI=1S/C16H16N6O/c1-10-15(20-13-9-19-14(18)8-12(13)17)16(23)22(21(10)2)11-6-4-3-5-7-11/h3-9,18H,17H2,1-2H3. The highest BCUT2D eigenvalue weighted by atomic mass is 16.1. The molecule has 7 nitrogen and oxygen atoms in total. The molecule has 2 heterocycles. The Morgan fingerprint density at radius 2 is 1.96 bits per heavy atom. The van der Waals surface area contributed by atoms with Gasteiger partial charge in [0.1, 0.15) is 11.5 Å². The van der Waals surface area contributed by atoms with Crippen LogP contribution in [0.15, 0.2) is 56.9 Å². The van der Waals surface area contributed by atoms with Crippen LogP contribution in [-0.4, -0.2) is 27.1 Å². The molecule has 0 bridgehead atoms. The average Bonchev–Trinajstić information content (AvgIpc) is 2.74. The molecule has 0 unspecified atom stereocenters. The molecule has 0 amide bonds. The Morgan fingerprint density at radius 1 is 1.26 bits per heavy atom. The van der Waals surface area contributed by atoms with Gasteiger partial charge in [-0.15, -0.1) is 0 Å². The molecule has 1 aliphatic rings. The van der Waals surface area contributed by atoms with Crippen LogP contribution in [0.25, 0.3) is 5.69 Å². The summed E-state index contributed by atoms with van der Waals surface area (Å²) in [6.45, 7) is 1.82. The normalized spacial score (nSPS) is 16.0. The van der Waals surface area contributed by atoms with Gasteiger partial charge in [-0.05, 0) is 19.1 Å². The van der Waals surface area contributed by atoms with Gasteiger partial charge in [0.15, 0.2) is 5.69 Å². The van der Waals surface area contributed by atoms with Crippen LogP contribution < -0.4 is 11.3 Å². The van der Waals surface area contributed by atoms with Crippen molar-refractivity contribution in [3.05, 3.63) is 58.2 Å². The number of hydrogen-bond acceptors (Lipinski definition) is 4. The number of rotatable bonds is 2. The van der Waals surface area contributed by atoms with Gasteiger partial charge in [-0.1, -0.05) is 18.2 Å². The van der Waals surface area contributed by atoms with Crippen LogP contribution in [0.1, 0.15) is 5.69 Å². The van der Waals surface area contributed by atoms with E-state index >= 15 is 0 Å². The number of nitrogens with zero attached hydrogens (tertiary/aromatic N) is 4. The molecule has 23 heavy (non-hydrogen) atoms. The highest BCUT2D eigenvalue weighted by Crippen LogP contribution is 2.17. The Morgan fingerprint density at radius 3 is 2.61 bits per heavy atom. The number of dihydropyridines is 1. The summed E-state index contributed by atoms with van der Waals surface area (Å²) >= 11 is 0. The van der Waals surface area contributed by atoms with Crippen LogP contribution in [0, 0.1) is 12.3 Å². The zero-order chi connectivity index (χ0) is 16.6. The number of hydrogen-bond donors (Lipinski definition) is 2. The number of amidine groups is 1. The zero-order valence-corrected chi connectivity index (χ0v) is 12.8. The lowest BCUT2D eigenvalue weighted by Crippen LogP contribution is -2.21. The lowest BCUT2D eigenvalue weighted by atomic mass is 10.2. The molecule has 0 spiro atoms. The molecule has 1 aliphatic heterocycles. The van der Waals surface area contributed by atoms with Crippen molar-refractivity contribution < 1.29 is 0 Å². The molecular formula is C16H16N6O. The summed E-state index contributed by atoms with van der Waals surface area (Å²) in [6.07, 6.45) is 2.81. The fourth-order valence-corrected chi connectivity index (χ4v) is 2.36.